The van der Waals surface area contributed by atoms with Gasteiger partial charge in [-0.1, -0.05) is 108 Å². The van der Waals surface area contributed by atoms with Gasteiger partial charge in [0.15, 0.2) is 0 Å². The van der Waals surface area contributed by atoms with Gasteiger partial charge in [-0.2, -0.15) is 0 Å². The molecule has 10 aromatic rings. The first-order valence-electron chi connectivity index (χ1n) is 18.8. The average molecular weight is 686 g/mol. The Morgan fingerprint density at radius 1 is 0.283 bits per heavy atom. The number of para-hydroxylation sites is 3. The number of nitrogens with zero attached hydrogens (tertiary/aromatic N) is 3. The van der Waals surface area contributed by atoms with Crippen molar-refractivity contribution in [1.29, 1.82) is 0 Å². The zero-order chi connectivity index (χ0) is 36.2. The highest BCUT2D eigenvalue weighted by molar-refractivity contribution is 6.14. The lowest BCUT2D eigenvalue weighted by Gasteiger charge is -2.19. The van der Waals surface area contributed by atoms with Crippen LogP contribution in [0, 0.1) is 0 Å². The first kappa shape index (κ1) is 31.7. The molecule has 258 valence electrons. The molecule has 3 nitrogen and oxygen atoms in total. The van der Waals surface area contributed by atoms with E-state index >= 15 is 0 Å². The molecular formula is C50H43N3. The van der Waals surface area contributed by atoms with Crippen LogP contribution in [0.4, 0.5) is 0 Å². The molecule has 0 saturated heterocycles. The molecule has 0 aliphatic carbocycles. The van der Waals surface area contributed by atoms with Gasteiger partial charge in [0.1, 0.15) is 0 Å². The van der Waals surface area contributed by atoms with E-state index in [1.165, 1.54) is 82.2 Å². The van der Waals surface area contributed by atoms with Crippen molar-refractivity contribution in [2.24, 2.45) is 0 Å². The molecule has 0 radical (unpaired) electrons. The number of rotatable bonds is 3. The average Bonchev–Trinajstić information content (AvgIpc) is 3.79. The normalized spacial score (nSPS) is 12.7. The van der Waals surface area contributed by atoms with E-state index in [9.17, 15) is 0 Å². The molecule has 0 N–H and O–H groups in total. The van der Waals surface area contributed by atoms with Crippen molar-refractivity contribution in [3.05, 3.63) is 163 Å². The summed E-state index contributed by atoms with van der Waals surface area (Å²) >= 11 is 0. The van der Waals surface area contributed by atoms with Gasteiger partial charge in [-0.05, 0) is 107 Å². The molecule has 0 atom stereocenters. The summed E-state index contributed by atoms with van der Waals surface area (Å²) in [5.74, 6) is 0. The van der Waals surface area contributed by atoms with E-state index in [1.54, 1.807) is 0 Å². The third-order valence-corrected chi connectivity index (χ3v) is 11.3. The number of hydrogen-bond acceptors (Lipinski definition) is 0. The molecular weight excluding hydrogens is 643 g/mol. The van der Waals surface area contributed by atoms with Crippen molar-refractivity contribution in [3.63, 3.8) is 0 Å². The SMILES string of the molecule is CC(C)(C)c1ccc2c(c1)c1cc(C(C)(C)C)ccc1n2-c1ccc2c(c1)c1cc(-n3c4ccccc4c4ccccc43)ccc1n2-c1ccccc1. The maximum atomic E-state index is 2.48. The topological polar surface area (TPSA) is 14.8 Å². The van der Waals surface area contributed by atoms with Gasteiger partial charge < -0.3 is 13.7 Å². The third-order valence-electron chi connectivity index (χ3n) is 11.3. The first-order chi connectivity index (χ1) is 25.6. The Hall–Kier alpha value is -6.06. The van der Waals surface area contributed by atoms with Crippen molar-refractivity contribution >= 4 is 65.4 Å². The maximum absolute atomic E-state index is 2.48. The predicted octanol–water partition coefficient (Wildman–Crippen LogP) is 13.6. The van der Waals surface area contributed by atoms with Crippen LogP contribution in [0.1, 0.15) is 52.7 Å². The Morgan fingerprint density at radius 2 is 0.623 bits per heavy atom. The van der Waals surface area contributed by atoms with Crippen molar-refractivity contribution in [2.45, 2.75) is 52.4 Å². The highest BCUT2D eigenvalue weighted by Crippen LogP contribution is 2.41. The van der Waals surface area contributed by atoms with E-state index < -0.39 is 0 Å². The minimum atomic E-state index is 0.0521. The lowest BCUT2D eigenvalue weighted by atomic mass is 9.85. The molecule has 3 heterocycles. The summed E-state index contributed by atoms with van der Waals surface area (Å²) in [6.07, 6.45) is 0. The van der Waals surface area contributed by atoms with Crippen LogP contribution >= 0.6 is 0 Å². The van der Waals surface area contributed by atoms with Crippen LogP contribution < -0.4 is 0 Å². The van der Waals surface area contributed by atoms with E-state index in [4.69, 9.17) is 0 Å². The van der Waals surface area contributed by atoms with E-state index in [0.29, 0.717) is 0 Å². The lowest BCUT2D eigenvalue weighted by Crippen LogP contribution is -2.10. The third kappa shape index (κ3) is 4.80. The molecule has 0 amide bonds. The Kier molecular flexibility index (Phi) is 6.70. The maximum Gasteiger partial charge on any atom is 0.0542 e. The number of aromatic nitrogens is 3. The van der Waals surface area contributed by atoms with Crippen molar-refractivity contribution in [2.75, 3.05) is 0 Å². The van der Waals surface area contributed by atoms with Gasteiger partial charge in [0.25, 0.3) is 0 Å². The number of fused-ring (bicyclic) bond motifs is 9. The molecule has 0 spiro atoms. The fourth-order valence-electron chi connectivity index (χ4n) is 8.57. The summed E-state index contributed by atoms with van der Waals surface area (Å²) in [7, 11) is 0. The smallest absolute Gasteiger partial charge is 0.0542 e. The van der Waals surface area contributed by atoms with Gasteiger partial charge in [0.2, 0.25) is 0 Å². The van der Waals surface area contributed by atoms with E-state index in [0.717, 1.165) is 11.4 Å². The van der Waals surface area contributed by atoms with Crippen LogP contribution in [0.5, 0.6) is 0 Å². The quantitative estimate of drug-likeness (QED) is 0.176. The van der Waals surface area contributed by atoms with Gasteiger partial charge >= 0.3 is 0 Å². The molecule has 0 fully saturated rings. The minimum Gasteiger partial charge on any atom is -0.309 e. The van der Waals surface area contributed by atoms with Gasteiger partial charge in [0, 0.05) is 49.4 Å². The zero-order valence-corrected chi connectivity index (χ0v) is 31.3. The lowest BCUT2D eigenvalue weighted by molar-refractivity contribution is 0.590. The highest BCUT2D eigenvalue weighted by atomic mass is 15.0. The second-order valence-electron chi connectivity index (χ2n) is 16.7. The van der Waals surface area contributed by atoms with E-state index in [-0.39, 0.29) is 10.8 Å². The van der Waals surface area contributed by atoms with Gasteiger partial charge in [-0.3, -0.25) is 0 Å². The monoisotopic (exact) mass is 685 g/mol. The number of benzene rings is 7. The molecule has 3 aromatic heterocycles. The zero-order valence-electron chi connectivity index (χ0n) is 31.3. The van der Waals surface area contributed by atoms with Crippen LogP contribution in [0.3, 0.4) is 0 Å². The van der Waals surface area contributed by atoms with Crippen molar-refractivity contribution < 1.29 is 0 Å². The van der Waals surface area contributed by atoms with Crippen molar-refractivity contribution in [3.8, 4) is 17.1 Å². The molecule has 3 heteroatoms. The fraction of sp³-hybridized carbons (Fsp3) is 0.160. The summed E-state index contributed by atoms with van der Waals surface area (Å²) in [5.41, 5.74) is 13.6. The summed E-state index contributed by atoms with van der Waals surface area (Å²) < 4.78 is 7.32. The standard InChI is InChI=1S/C50H43N3/c1-49(2,3)32-20-24-45-39(28-32)40-29-33(50(4,5)6)21-25-46(40)53(45)36-23-27-48-42(31-36)41-30-35(22-26-47(41)51(48)34-14-8-7-9-15-34)52-43-18-12-10-16-37(43)38-17-11-13-19-44(38)52/h7-31H,1-6H3. The van der Waals surface area contributed by atoms with Gasteiger partial charge in [0.05, 0.1) is 33.1 Å². The van der Waals surface area contributed by atoms with Crippen molar-refractivity contribution in [1.82, 2.24) is 13.7 Å². The van der Waals surface area contributed by atoms with Crippen LogP contribution in [0.2, 0.25) is 0 Å². The summed E-state index contributed by atoms with van der Waals surface area (Å²) in [6, 6.07) is 56.5. The van der Waals surface area contributed by atoms with E-state index in [1.807, 2.05) is 0 Å². The fourth-order valence-corrected chi connectivity index (χ4v) is 8.57. The predicted molar refractivity (Wildman–Crippen MR) is 227 cm³/mol. The molecule has 53 heavy (non-hydrogen) atoms. The van der Waals surface area contributed by atoms with Crippen LogP contribution in [-0.2, 0) is 10.8 Å². The first-order valence-corrected chi connectivity index (χ1v) is 18.8. The molecule has 0 saturated carbocycles. The molecule has 0 aliphatic rings. The van der Waals surface area contributed by atoms with Gasteiger partial charge in [-0.15, -0.1) is 0 Å². The second kappa shape index (κ2) is 11.2. The summed E-state index contributed by atoms with van der Waals surface area (Å²) in [4.78, 5) is 0. The highest BCUT2D eigenvalue weighted by Gasteiger charge is 2.22. The Labute approximate surface area is 310 Å². The van der Waals surface area contributed by atoms with Crippen LogP contribution in [-0.4, -0.2) is 13.7 Å². The molecule has 0 unspecified atom stereocenters. The van der Waals surface area contributed by atoms with Gasteiger partial charge in [-0.25, -0.2) is 0 Å². The van der Waals surface area contributed by atoms with E-state index in [2.05, 4.69) is 207 Å². The second-order valence-corrected chi connectivity index (χ2v) is 16.7. The Bertz CT molecular complexity index is 2940. The Morgan fingerprint density at radius 3 is 1.06 bits per heavy atom. The number of hydrogen-bond donors (Lipinski definition) is 0. The summed E-state index contributed by atoms with van der Waals surface area (Å²) in [5, 5.41) is 7.62. The molecule has 10 rings (SSSR count). The minimum absolute atomic E-state index is 0.0521. The van der Waals surface area contributed by atoms with Crippen LogP contribution in [0.25, 0.3) is 82.5 Å². The molecule has 7 aromatic carbocycles. The summed E-state index contributed by atoms with van der Waals surface area (Å²) in [6.45, 7) is 13.8. The Balaban J connectivity index is 1.28. The molecule has 0 aliphatic heterocycles. The van der Waals surface area contributed by atoms with Crippen LogP contribution in [0.15, 0.2) is 152 Å². The molecule has 0 bridgehead atoms. The largest absolute Gasteiger partial charge is 0.309 e.